The summed E-state index contributed by atoms with van der Waals surface area (Å²) in [4.78, 5) is 5.22. The highest BCUT2D eigenvalue weighted by Crippen LogP contribution is 2.26. The van der Waals surface area contributed by atoms with Crippen molar-refractivity contribution in [3.05, 3.63) is 45.8 Å². The molecule has 0 saturated heterocycles. The summed E-state index contributed by atoms with van der Waals surface area (Å²) in [7, 11) is 0. The van der Waals surface area contributed by atoms with Gasteiger partial charge in [0.2, 0.25) is 0 Å². The fourth-order valence-electron chi connectivity index (χ4n) is 1.47. The third-order valence-corrected chi connectivity index (χ3v) is 3.23. The van der Waals surface area contributed by atoms with E-state index in [9.17, 15) is 0 Å². The van der Waals surface area contributed by atoms with E-state index in [1.54, 1.807) is 17.5 Å². The standard InChI is InChI=1S/C11H13N3S/c1-7-5-8(11(13)14-6-7)10(12)9-3-2-4-15-9/h2-6,10H,12H2,1H3,(H2,13,14). The summed E-state index contributed by atoms with van der Waals surface area (Å²) in [5, 5.41) is 2.01. The van der Waals surface area contributed by atoms with Crippen LogP contribution in [-0.4, -0.2) is 4.98 Å². The Morgan fingerprint density at radius 3 is 2.93 bits per heavy atom. The number of anilines is 1. The second-order valence-electron chi connectivity index (χ2n) is 3.48. The van der Waals surface area contributed by atoms with Crippen molar-refractivity contribution in [1.82, 2.24) is 4.98 Å². The molecule has 2 aromatic rings. The van der Waals surface area contributed by atoms with Crippen molar-refractivity contribution in [2.75, 3.05) is 5.73 Å². The van der Waals surface area contributed by atoms with Gasteiger partial charge in [-0.15, -0.1) is 11.3 Å². The van der Waals surface area contributed by atoms with Crippen molar-refractivity contribution in [1.29, 1.82) is 0 Å². The van der Waals surface area contributed by atoms with E-state index in [0.29, 0.717) is 5.82 Å². The molecule has 15 heavy (non-hydrogen) atoms. The zero-order valence-corrected chi connectivity index (χ0v) is 9.29. The van der Waals surface area contributed by atoms with Crippen LogP contribution in [0.15, 0.2) is 29.8 Å². The van der Waals surface area contributed by atoms with Crippen LogP contribution in [0.5, 0.6) is 0 Å². The number of hydrogen-bond donors (Lipinski definition) is 2. The SMILES string of the molecule is Cc1cnc(N)c(C(N)c2cccs2)c1. The van der Waals surface area contributed by atoms with Crippen molar-refractivity contribution < 1.29 is 0 Å². The molecule has 0 aliphatic carbocycles. The van der Waals surface area contributed by atoms with Gasteiger partial charge in [0, 0.05) is 16.6 Å². The average molecular weight is 219 g/mol. The molecule has 0 aromatic carbocycles. The summed E-state index contributed by atoms with van der Waals surface area (Å²) in [5.74, 6) is 0.515. The first-order valence-electron chi connectivity index (χ1n) is 4.69. The Kier molecular flexibility index (Phi) is 2.70. The van der Waals surface area contributed by atoms with E-state index in [1.165, 1.54) is 0 Å². The minimum absolute atomic E-state index is 0.169. The summed E-state index contributed by atoms with van der Waals surface area (Å²) in [6.07, 6.45) is 1.75. The molecular formula is C11H13N3S. The van der Waals surface area contributed by atoms with Gasteiger partial charge in [-0.1, -0.05) is 6.07 Å². The molecule has 0 radical (unpaired) electrons. The highest BCUT2D eigenvalue weighted by molar-refractivity contribution is 7.10. The Labute approximate surface area is 92.8 Å². The number of nitrogens with two attached hydrogens (primary N) is 2. The number of aryl methyl sites for hydroxylation is 1. The number of aromatic nitrogens is 1. The molecule has 1 atom stereocenters. The largest absolute Gasteiger partial charge is 0.383 e. The summed E-state index contributed by atoms with van der Waals surface area (Å²) in [5.41, 5.74) is 13.9. The number of nitrogen functional groups attached to an aromatic ring is 1. The van der Waals surface area contributed by atoms with Gasteiger partial charge in [0.05, 0.1) is 6.04 Å². The molecule has 1 unspecified atom stereocenters. The van der Waals surface area contributed by atoms with Gasteiger partial charge in [0.25, 0.3) is 0 Å². The van der Waals surface area contributed by atoms with E-state index in [2.05, 4.69) is 4.98 Å². The van der Waals surface area contributed by atoms with E-state index in [0.717, 1.165) is 16.0 Å². The first kappa shape index (κ1) is 10.1. The van der Waals surface area contributed by atoms with Crippen molar-refractivity contribution >= 4 is 17.2 Å². The second kappa shape index (κ2) is 4.00. The van der Waals surface area contributed by atoms with E-state index in [-0.39, 0.29) is 6.04 Å². The van der Waals surface area contributed by atoms with E-state index < -0.39 is 0 Å². The minimum Gasteiger partial charge on any atom is -0.383 e. The Morgan fingerprint density at radius 1 is 1.47 bits per heavy atom. The fraction of sp³-hybridized carbons (Fsp3) is 0.182. The normalized spacial score (nSPS) is 12.7. The van der Waals surface area contributed by atoms with Crippen molar-refractivity contribution in [2.45, 2.75) is 13.0 Å². The van der Waals surface area contributed by atoms with Gasteiger partial charge in [0.1, 0.15) is 5.82 Å². The molecule has 4 heteroatoms. The number of hydrogen-bond acceptors (Lipinski definition) is 4. The molecule has 0 bridgehead atoms. The first-order valence-corrected chi connectivity index (χ1v) is 5.57. The Hall–Kier alpha value is -1.39. The van der Waals surface area contributed by atoms with Gasteiger partial charge in [-0.05, 0) is 30.0 Å². The lowest BCUT2D eigenvalue weighted by atomic mass is 10.1. The van der Waals surface area contributed by atoms with Gasteiger partial charge in [0.15, 0.2) is 0 Å². The first-order chi connectivity index (χ1) is 7.18. The zero-order chi connectivity index (χ0) is 10.8. The zero-order valence-electron chi connectivity index (χ0n) is 8.47. The lowest BCUT2D eigenvalue weighted by molar-refractivity contribution is 0.886. The van der Waals surface area contributed by atoms with Crippen LogP contribution in [0, 0.1) is 6.92 Å². The van der Waals surface area contributed by atoms with Crippen LogP contribution in [-0.2, 0) is 0 Å². The smallest absolute Gasteiger partial charge is 0.128 e. The highest BCUT2D eigenvalue weighted by Gasteiger charge is 2.13. The number of pyridine rings is 1. The number of nitrogens with zero attached hydrogens (tertiary/aromatic N) is 1. The average Bonchev–Trinajstić information content (AvgIpc) is 2.74. The van der Waals surface area contributed by atoms with Crippen molar-refractivity contribution in [3.63, 3.8) is 0 Å². The molecule has 0 aliphatic rings. The molecule has 78 valence electrons. The molecule has 3 nitrogen and oxygen atoms in total. The van der Waals surface area contributed by atoms with Crippen LogP contribution in [0.4, 0.5) is 5.82 Å². The minimum atomic E-state index is -0.169. The lowest BCUT2D eigenvalue weighted by Crippen LogP contribution is -2.13. The third-order valence-electron chi connectivity index (χ3n) is 2.27. The predicted molar refractivity (Wildman–Crippen MR) is 63.7 cm³/mol. The molecule has 2 heterocycles. The van der Waals surface area contributed by atoms with Crippen LogP contribution in [0.1, 0.15) is 22.0 Å². The molecule has 0 saturated carbocycles. The van der Waals surface area contributed by atoms with Gasteiger partial charge in [-0.2, -0.15) is 0 Å². The summed E-state index contributed by atoms with van der Waals surface area (Å²) >= 11 is 1.63. The molecule has 0 spiro atoms. The summed E-state index contributed by atoms with van der Waals surface area (Å²) in [6, 6.07) is 5.82. The number of rotatable bonds is 2. The molecule has 2 aromatic heterocycles. The van der Waals surface area contributed by atoms with Crippen LogP contribution < -0.4 is 11.5 Å². The van der Waals surface area contributed by atoms with Gasteiger partial charge >= 0.3 is 0 Å². The quantitative estimate of drug-likeness (QED) is 0.812. The van der Waals surface area contributed by atoms with E-state index in [4.69, 9.17) is 11.5 Å². The monoisotopic (exact) mass is 219 g/mol. The van der Waals surface area contributed by atoms with Crippen molar-refractivity contribution in [3.8, 4) is 0 Å². The molecule has 0 aliphatic heterocycles. The molecule has 2 rings (SSSR count). The highest BCUT2D eigenvalue weighted by atomic mass is 32.1. The van der Waals surface area contributed by atoms with Gasteiger partial charge in [-0.25, -0.2) is 4.98 Å². The third kappa shape index (κ3) is 2.00. The molecule has 0 fully saturated rings. The van der Waals surface area contributed by atoms with E-state index in [1.807, 2.05) is 30.5 Å². The topological polar surface area (TPSA) is 64.9 Å². The predicted octanol–water partition coefficient (Wildman–Crippen LogP) is 2.08. The maximum absolute atomic E-state index is 6.12. The Bertz CT molecular complexity index is 451. The number of thiophene rings is 1. The van der Waals surface area contributed by atoms with E-state index >= 15 is 0 Å². The summed E-state index contributed by atoms with van der Waals surface area (Å²) < 4.78 is 0. The Morgan fingerprint density at radius 2 is 2.27 bits per heavy atom. The van der Waals surface area contributed by atoms with Crippen LogP contribution in [0.3, 0.4) is 0 Å². The lowest BCUT2D eigenvalue weighted by Gasteiger charge is -2.12. The molecule has 0 amide bonds. The van der Waals surface area contributed by atoms with Crippen LogP contribution in [0.2, 0.25) is 0 Å². The van der Waals surface area contributed by atoms with Crippen LogP contribution in [0.25, 0.3) is 0 Å². The molecule has 4 N–H and O–H groups in total. The maximum atomic E-state index is 6.12. The summed E-state index contributed by atoms with van der Waals surface area (Å²) in [6.45, 7) is 1.98. The van der Waals surface area contributed by atoms with Gasteiger partial charge in [-0.3, -0.25) is 0 Å². The van der Waals surface area contributed by atoms with Crippen LogP contribution >= 0.6 is 11.3 Å². The second-order valence-corrected chi connectivity index (χ2v) is 4.46. The van der Waals surface area contributed by atoms with Gasteiger partial charge < -0.3 is 11.5 Å². The molecular weight excluding hydrogens is 206 g/mol. The van der Waals surface area contributed by atoms with Crippen molar-refractivity contribution in [2.24, 2.45) is 5.73 Å². The Balaban J connectivity index is 2.41. The maximum Gasteiger partial charge on any atom is 0.128 e. The fourth-order valence-corrected chi connectivity index (χ4v) is 2.22.